The number of aromatic amines is 1. The minimum Gasteiger partial charge on any atom is -0.368 e. The molecule has 1 spiro atoms. The van der Waals surface area contributed by atoms with Crippen molar-refractivity contribution in [1.29, 1.82) is 0 Å². The van der Waals surface area contributed by atoms with Crippen molar-refractivity contribution >= 4 is 17.7 Å². The number of carbonyl (C=O) groups excluding carboxylic acids is 1. The Balaban J connectivity index is 1.27. The fourth-order valence-electron chi connectivity index (χ4n) is 4.22. The highest BCUT2D eigenvalue weighted by molar-refractivity contribution is 7.99. The van der Waals surface area contributed by atoms with E-state index in [1.54, 1.807) is 0 Å². The molecule has 0 bridgehead atoms. The first-order valence-electron chi connectivity index (χ1n) is 10.2. The van der Waals surface area contributed by atoms with Gasteiger partial charge in [0.2, 0.25) is 11.1 Å². The number of carbonyl (C=O) groups is 1. The van der Waals surface area contributed by atoms with Crippen LogP contribution in [-0.2, 0) is 21.6 Å². The summed E-state index contributed by atoms with van der Waals surface area (Å²) in [6.07, 6.45) is 4.53. The van der Waals surface area contributed by atoms with E-state index in [1.807, 2.05) is 34.7 Å². The van der Waals surface area contributed by atoms with Gasteiger partial charge in [-0.1, -0.05) is 30.0 Å². The zero-order chi connectivity index (χ0) is 20.6. The van der Waals surface area contributed by atoms with Crippen LogP contribution in [0.15, 0.2) is 41.7 Å². The predicted molar refractivity (Wildman–Crippen MR) is 113 cm³/mol. The highest BCUT2D eigenvalue weighted by Crippen LogP contribution is 2.41. The Morgan fingerprint density at radius 2 is 2.07 bits per heavy atom. The predicted octanol–water partition coefficient (Wildman–Crippen LogP) is 2.48. The molecule has 2 aliphatic heterocycles. The molecule has 1 fully saturated rings. The highest BCUT2D eigenvalue weighted by atomic mass is 32.2. The first-order valence-corrected chi connectivity index (χ1v) is 11.2. The molecule has 1 N–H and O–H groups in total. The average Bonchev–Trinajstić information content (AvgIpc) is 3.40. The standard InChI is InChI=1S/C21H24N6O2S/c1-15-22-20(24-23-15)30-14-18(28)26-10-8-21(9-11-26)19-16(7-12-29-21)13-27(25-19)17-5-3-2-4-6-17/h2-6,13H,7-12,14H2,1H3,(H,22,23,24). The molecule has 0 aliphatic carbocycles. The number of hydrogen-bond donors (Lipinski definition) is 1. The third kappa shape index (κ3) is 3.63. The molecule has 1 saturated heterocycles. The van der Waals surface area contributed by atoms with Crippen molar-refractivity contribution in [2.75, 3.05) is 25.4 Å². The molecule has 0 saturated carbocycles. The summed E-state index contributed by atoms with van der Waals surface area (Å²) in [7, 11) is 0. The van der Waals surface area contributed by atoms with Crippen molar-refractivity contribution in [3.05, 3.63) is 53.6 Å². The van der Waals surface area contributed by atoms with Gasteiger partial charge in [0, 0.05) is 19.3 Å². The van der Waals surface area contributed by atoms with E-state index in [9.17, 15) is 4.79 Å². The van der Waals surface area contributed by atoms with Gasteiger partial charge in [-0.3, -0.25) is 9.89 Å². The summed E-state index contributed by atoms with van der Waals surface area (Å²) in [5.74, 6) is 1.21. The van der Waals surface area contributed by atoms with Crippen molar-refractivity contribution in [2.24, 2.45) is 0 Å². The fourth-order valence-corrected chi connectivity index (χ4v) is 4.96. The average molecular weight is 425 g/mol. The Morgan fingerprint density at radius 3 is 2.80 bits per heavy atom. The first kappa shape index (κ1) is 19.3. The van der Waals surface area contributed by atoms with Gasteiger partial charge in [-0.15, -0.1) is 5.10 Å². The lowest BCUT2D eigenvalue weighted by Gasteiger charge is -2.43. The number of fused-ring (bicyclic) bond motifs is 2. The second kappa shape index (κ2) is 7.88. The molecule has 1 aromatic carbocycles. The minimum absolute atomic E-state index is 0.114. The molecule has 9 heteroatoms. The second-order valence-corrected chi connectivity index (χ2v) is 8.69. The van der Waals surface area contributed by atoms with Gasteiger partial charge >= 0.3 is 0 Å². The molecule has 2 aliphatic rings. The molecular weight excluding hydrogens is 400 g/mol. The van der Waals surface area contributed by atoms with Gasteiger partial charge in [0.25, 0.3) is 0 Å². The molecule has 156 valence electrons. The molecule has 3 aromatic rings. The Bertz CT molecular complexity index is 1040. The number of nitrogens with zero attached hydrogens (tertiary/aromatic N) is 5. The molecule has 2 aromatic heterocycles. The lowest BCUT2D eigenvalue weighted by molar-refractivity contribution is -0.138. The number of nitrogens with one attached hydrogen (secondary N) is 1. The first-order chi connectivity index (χ1) is 14.6. The monoisotopic (exact) mass is 424 g/mol. The summed E-state index contributed by atoms with van der Waals surface area (Å²) in [4.78, 5) is 18.8. The Kier molecular flexibility index (Phi) is 5.08. The lowest BCUT2D eigenvalue weighted by atomic mass is 9.84. The van der Waals surface area contributed by atoms with Crippen LogP contribution in [0.5, 0.6) is 0 Å². The largest absolute Gasteiger partial charge is 0.368 e. The van der Waals surface area contributed by atoms with E-state index in [2.05, 4.69) is 33.5 Å². The van der Waals surface area contributed by atoms with Crippen LogP contribution in [0.1, 0.15) is 29.9 Å². The second-order valence-electron chi connectivity index (χ2n) is 7.75. The number of benzene rings is 1. The molecule has 5 rings (SSSR count). The van der Waals surface area contributed by atoms with Gasteiger partial charge in [-0.2, -0.15) is 5.10 Å². The normalized spacial score (nSPS) is 17.8. The number of H-pyrrole nitrogens is 1. The molecule has 0 unspecified atom stereocenters. The lowest BCUT2D eigenvalue weighted by Crippen LogP contribution is -2.49. The smallest absolute Gasteiger partial charge is 0.233 e. The number of para-hydroxylation sites is 1. The molecule has 4 heterocycles. The van der Waals surface area contributed by atoms with Crippen LogP contribution in [0.25, 0.3) is 5.69 Å². The number of rotatable bonds is 4. The van der Waals surface area contributed by atoms with Gasteiger partial charge < -0.3 is 9.64 Å². The molecule has 0 radical (unpaired) electrons. The quantitative estimate of drug-likeness (QED) is 0.648. The summed E-state index contributed by atoms with van der Waals surface area (Å²) < 4.78 is 8.25. The number of hydrogen-bond acceptors (Lipinski definition) is 6. The number of ether oxygens (including phenoxy) is 1. The van der Waals surface area contributed by atoms with Crippen LogP contribution in [0.2, 0.25) is 0 Å². The zero-order valence-corrected chi connectivity index (χ0v) is 17.7. The van der Waals surface area contributed by atoms with Gasteiger partial charge in [-0.05, 0) is 43.9 Å². The zero-order valence-electron chi connectivity index (χ0n) is 16.9. The van der Waals surface area contributed by atoms with Crippen molar-refractivity contribution in [2.45, 2.75) is 36.9 Å². The SMILES string of the molecule is Cc1nc(SCC(=O)N2CCC3(CC2)OCCc2cn(-c4ccccc4)nc23)n[nH]1. The Morgan fingerprint density at radius 1 is 1.27 bits per heavy atom. The summed E-state index contributed by atoms with van der Waals surface area (Å²) in [6, 6.07) is 10.2. The minimum atomic E-state index is -0.390. The maximum atomic E-state index is 12.7. The van der Waals surface area contributed by atoms with Gasteiger partial charge in [-0.25, -0.2) is 9.67 Å². The summed E-state index contributed by atoms with van der Waals surface area (Å²) >= 11 is 1.37. The maximum absolute atomic E-state index is 12.7. The summed E-state index contributed by atoms with van der Waals surface area (Å²) in [6.45, 7) is 3.88. The van der Waals surface area contributed by atoms with E-state index in [-0.39, 0.29) is 5.91 Å². The highest BCUT2D eigenvalue weighted by Gasteiger charge is 2.44. The van der Waals surface area contributed by atoms with E-state index >= 15 is 0 Å². The fraction of sp³-hybridized carbons (Fsp3) is 0.429. The number of thioether (sulfide) groups is 1. The third-order valence-electron chi connectivity index (χ3n) is 5.82. The summed E-state index contributed by atoms with van der Waals surface area (Å²) in [5.41, 5.74) is 2.95. The van der Waals surface area contributed by atoms with E-state index < -0.39 is 5.60 Å². The Hall–Kier alpha value is -2.65. The third-order valence-corrected chi connectivity index (χ3v) is 6.65. The molecular formula is C21H24N6O2S. The number of amides is 1. The van der Waals surface area contributed by atoms with Crippen molar-refractivity contribution in [3.63, 3.8) is 0 Å². The maximum Gasteiger partial charge on any atom is 0.233 e. The molecule has 1 amide bonds. The topological polar surface area (TPSA) is 88.9 Å². The van der Waals surface area contributed by atoms with Gasteiger partial charge in [0.15, 0.2) is 0 Å². The van der Waals surface area contributed by atoms with Gasteiger partial charge in [0.05, 0.1) is 23.7 Å². The number of piperidine rings is 1. The number of likely N-dealkylation sites (tertiary alicyclic amines) is 1. The van der Waals surface area contributed by atoms with Crippen molar-refractivity contribution in [3.8, 4) is 5.69 Å². The van der Waals surface area contributed by atoms with Crippen LogP contribution in [0, 0.1) is 6.92 Å². The van der Waals surface area contributed by atoms with Crippen LogP contribution in [0.4, 0.5) is 0 Å². The number of aromatic nitrogens is 5. The summed E-state index contributed by atoms with van der Waals surface area (Å²) in [5, 5.41) is 12.4. The number of aryl methyl sites for hydroxylation is 1. The van der Waals surface area contributed by atoms with Crippen LogP contribution in [-0.4, -0.2) is 61.2 Å². The molecule has 30 heavy (non-hydrogen) atoms. The van der Waals surface area contributed by atoms with E-state index in [0.29, 0.717) is 30.6 Å². The van der Waals surface area contributed by atoms with Gasteiger partial charge in [0.1, 0.15) is 11.4 Å². The van der Waals surface area contributed by atoms with Crippen molar-refractivity contribution in [1.82, 2.24) is 29.9 Å². The van der Waals surface area contributed by atoms with Crippen LogP contribution < -0.4 is 0 Å². The molecule has 8 nitrogen and oxygen atoms in total. The molecule has 0 atom stereocenters. The van der Waals surface area contributed by atoms with Crippen molar-refractivity contribution < 1.29 is 9.53 Å². The van der Waals surface area contributed by atoms with E-state index in [0.717, 1.165) is 36.5 Å². The van der Waals surface area contributed by atoms with Crippen LogP contribution >= 0.6 is 11.8 Å². The van der Waals surface area contributed by atoms with E-state index in [1.165, 1.54) is 17.3 Å². The van der Waals surface area contributed by atoms with E-state index in [4.69, 9.17) is 9.84 Å². The Labute approximate surface area is 179 Å². The van der Waals surface area contributed by atoms with Crippen LogP contribution in [0.3, 0.4) is 0 Å².